The molecular formula is C20H22ClN3O3S. The lowest BCUT2D eigenvalue weighted by Crippen LogP contribution is -2.48. The predicted octanol–water partition coefficient (Wildman–Crippen LogP) is 3.55. The summed E-state index contributed by atoms with van der Waals surface area (Å²) in [5, 5.41) is 0.612. The van der Waals surface area contributed by atoms with Crippen molar-refractivity contribution in [2.75, 3.05) is 26.2 Å². The van der Waals surface area contributed by atoms with Gasteiger partial charge in [-0.25, -0.2) is 13.4 Å². The number of benzene rings is 2. The van der Waals surface area contributed by atoms with Crippen molar-refractivity contribution in [3.63, 3.8) is 0 Å². The monoisotopic (exact) mass is 419 g/mol. The Hall–Kier alpha value is -1.93. The molecule has 2 aromatic carbocycles. The molecule has 0 spiro atoms. The van der Waals surface area contributed by atoms with Crippen LogP contribution in [0.2, 0.25) is 5.02 Å². The summed E-state index contributed by atoms with van der Waals surface area (Å²) in [5.74, 6) is 0.615. The summed E-state index contributed by atoms with van der Waals surface area (Å²) in [7, 11) is -3.46. The van der Waals surface area contributed by atoms with E-state index >= 15 is 0 Å². The Labute approximate surface area is 169 Å². The zero-order chi connectivity index (χ0) is 19.7. The molecule has 1 aliphatic rings. The van der Waals surface area contributed by atoms with Crippen molar-refractivity contribution in [2.45, 2.75) is 24.8 Å². The number of sulfonamides is 1. The molecule has 2 heterocycles. The van der Waals surface area contributed by atoms with Crippen LogP contribution in [0.3, 0.4) is 0 Å². The van der Waals surface area contributed by atoms with Crippen LogP contribution in [0.5, 0.6) is 0 Å². The van der Waals surface area contributed by atoms with Gasteiger partial charge in [0, 0.05) is 37.3 Å². The van der Waals surface area contributed by atoms with Crippen LogP contribution in [0.1, 0.15) is 18.4 Å². The first-order chi connectivity index (χ1) is 13.5. The van der Waals surface area contributed by atoms with Gasteiger partial charge in [-0.3, -0.25) is 4.90 Å². The Balaban J connectivity index is 1.40. The number of halogens is 1. The third kappa shape index (κ3) is 3.93. The minimum atomic E-state index is -3.46. The molecule has 4 rings (SSSR count). The first-order valence-electron chi connectivity index (χ1n) is 9.32. The van der Waals surface area contributed by atoms with E-state index in [1.807, 2.05) is 25.1 Å². The molecule has 6 nitrogen and oxygen atoms in total. The largest absolute Gasteiger partial charge is 0.439 e. The summed E-state index contributed by atoms with van der Waals surface area (Å²) in [6, 6.07) is 12.5. The molecule has 8 heteroatoms. The van der Waals surface area contributed by atoms with Crippen molar-refractivity contribution in [2.24, 2.45) is 0 Å². The normalized spacial score (nSPS) is 16.6. The molecule has 0 aliphatic carbocycles. The van der Waals surface area contributed by atoms with Gasteiger partial charge in [-0.15, -0.1) is 0 Å². The number of rotatable bonds is 5. The summed E-state index contributed by atoms with van der Waals surface area (Å²) in [4.78, 5) is 6.99. The Morgan fingerprint density at radius 1 is 1.07 bits per heavy atom. The van der Waals surface area contributed by atoms with E-state index in [2.05, 4.69) is 9.88 Å². The maximum atomic E-state index is 12.9. The number of oxazole rings is 1. The van der Waals surface area contributed by atoms with Crippen LogP contribution in [-0.4, -0.2) is 48.8 Å². The molecule has 0 amide bonds. The zero-order valence-electron chi connectivity index (χ0n) is 15.6. The van der Waals surface area contributed by atoms with Gasteiger partial charge in [0.25, 0.3) is 0 Å². The standard InChI is InChI=1S/C20H22ClN3O3S/c1-2-15-3-6-17(7-4-15)28(25,26)24-11-9-23(10-12-24)14-20-22-18-8-5-16(21)13-19(18)27-20/h3-8,13H,2,9-12,14H2,1H3. The SMILES string of the molecule is CCc1ccc(S(=O)(=O)N2CCN(Cc3nc4ccc(Cl)cc4o3)CC2)cc1. The lowest BCUT2D eigenvalue weighted by Gasteiger charge is -2.33. The number of nitrogens with zero attached hydrogens (tertiary/aromatic N) is 3. The molecule has 1 fully saturated rings. The van der Waals surface area contributed by atoms with Crippen LogP contribution in [0.4, 0.5) is 0 Å². The topological polar surface area (TPSA) is 66.7 Å². The fourth-order valence-corrected chi connectivity index (χ4v) is 4.96. The van der Waals surface area contributed by atoms with Gasteiger partial charge >= 0.3 is 0 Å². The van der Waals surface area contributed by atoms with Gasteiger partial charge in [-0.1, -0.05) is 30.7 Å². The van der Waals surface area contributed by atoms with E-state index in [1.165, 1.54) is 0 Å². The summed E-state index contributed by atoms with van der Waals surface area (Å²) in [5.41, 5.74) is 2.57. The number of aryl methyl sites for hydroxylation is 1. The Morgan fingerprint density at radius 3 is 2.46 bits per heavy atom. The van der Waals surface area contributed by atoms with Gasteiger partial charge < -0.3 is 4.42 Å². The number of fused-ring (bicyclic) bond motifs is 1. The number of piperazine rings is 1. The second-order valence-corrected chi connectivity index (χ2v) is 9.27. The number of aromatic nitrogens is 1. The van der Waals surface area contributed by atoms with Crippen molar-refractivity contribution in [3.8, 4) is 0 Å². The third-order valence-corrected chi connectivity index (χ3v) is 7.20. The van der Waals surface area contributed by atoms with E-state index in [1.54, 1.807) is 28.6 Å². The van der Waals surface area contributed by atoms with Gasteiger partial charge in [-0.05, 0) is 36.2 Å². The Morgan fingerprint density at radius 2 is 1.79 bits per heavy atom. The maximum absolute atomic E-state index is 12.9. The van der Waals surface area contributed by atoms with E-state index in [0.29, 0.717) is 54.1 Å². The predicted molar refractivity (Wildman–Crippen MR) is 109 cm³/mol. The van der Waals surface area contributed by atoms with Crippen molar-refractivity contribution in [3.05, 3.63) is 58.9 Å². The molecule has 1 saturated heterocycles. The Kier molecular flexibility index (Phi) is 5.42. The number of hydrogen-bond donors (Lipinski definition) is 0. The molecule has 1 aliphatic heterocycles. The molecule has 0 atom stereocenters. The van der Waals surface area contributed by atoms with E-state index in [-0.39, 0.29) is 0 Å². The van der Waals surface area contributed by atoms with E-state index in [0.717, 1.165) is 17.5 Å². The average molecular weight is 420 g/mol. The highest BCUT2D eigenvalue weighted by Gasteiger charge is 2.29. The quantitative estimate of drug-likeness (QED) is 0.632. The van der Waals surface area contributed by atoms with Crippen molar-refractivity contribution in [1.82, 2.24) is 14.2 Å². The average Bonchev–Trinajstić information content (AvgIpc) is 3.09. The first-order valence-corrected chi connectivity index (χ1v) is 11.1. The third-order valence-electron chi connectivity index (χ3n) is 5.05. The molecule has 1 aromatic heterocycles. The zero-order valence-corrected chi connectivity index (χ0v) is 17.2. The van der Waals surface area contributed by atoms with Gasteiger partial charge in [0.05, 0.1) is 11.4 Å². The molecule has 28 heavy (non-hydrogen) atoms. The molecule has 3 aromatic rings. The van der Waals surface area contributed by atoms with Gasteiger partial charge in [0.2, 0.25) is 15.9 Å². The lowest BCUT2D eigenvalue weighted by atomic mass is 10.2. The second-order valence-electron chi connectivity index (χ2n) is 6.90. The molecular weight excluding hydrogens is 398 g/mol. The van der Waals surface area contributed by atoms with Crippen LogP contribution in [0.25, 0.3) is 11.1 Å². The smallest absolute Gasteiger partial charge is 0.243 e. The molecule has 0 bridgehead atoms. The highest BCUT2D eigenvalue weighted by atomic mass is 35.5. The van der Waals surface area contributed by atoms with E-state index in [4.69, 9.17) is 16.0 Å². The Bertz CT molecular complexity index is 1070. The van der Waals surface area contributed by atoms with Gasteiger partial charge in [0.1, 0.15) is 5.52 Å². The van der Waals surface area contributed by atoms with Crippen molar-refractivity contribution in [1.29, 1.82) is 0 Å². The lowest BCUT2D eigenvalue weighted by molar-refractivity contribution is 0.169. The molecule has 148 valence electrons. The number of hydrogen-bond acceptors (Lipinski definition) is 5. The van der Waals surface area contributed by atoms with Crippen LogP contribution in [-0.2, 0) is 23.0 Å². The molecule has 0 unspecified atom stereocenters. The minimum absolute atomic E-state index is 0.356. The molecule has 0 saturated carbocycles. The van der Waals surface area contributed by atoms with E-state index < -0.39 is 10.0 Å². The van der Waals surface area contributed by atoms with Crippen LogP contribution in [0, 0.1) is 0 Å². The summed E-state index contributed by atoms with van der Waals surface area (Å²) in [6.07, 6.45) is 0.890. The van der Waals surface area contributed by atoms with Crippen molar-refractivity contribution >= 4 is 32.7 Å². The highest BCUT2D eigenvalue weighted by molar-refractivity contribution is 7.89. The molecule has 0 radical (unpaired) electrons. The first kappa shape index (κ1) is 19.4. The summed E-state index contributed by atoms with van der Waals surface area (Å²) >= 11 is 5.99. The minimum Gasteiger partial charge on any atom is -0.439 e. The molecule has 0 N–H and O–H groups in total. The van der Waals surface area contributed by atoms with Gasteiger partial charge in [0.15, 0.2) is 5.58 Å². The summed E-state index contributed by atoms with van der Waals surface area (Å²) < 4.78 is 33.1. The van der Waals surface area contributed by atoms with Crippen LogP contribution >= 0.6 is 11.6 Å². The second kappa shape index (κ2) is 7.83. The van der Waals surface area contributed by atoms with Gasteiger partial charge in [-0.2, -0.15) is 4.31 Å². The van der Waals surface area contributed by atoms with Crippen LogP contribution < -0.4 is 0 Å². The van der Waals surface area contributed by atoms with Crippen LogP contribution in [0.15, 0.2) is 51.8 Å². The fourth-order valence-electron chi connectivity index (χ4n) is 3.38. The highest BCUT2D eigenvalue weighted by Crippen LogP contribution is 2.22. The maximum Gasteiger partial charge on any atom is 0.243 e. The van der Waals surface area contributed by atoms with E-state index in [9.17, 15) is 8.42 Å². The summed E-state index contributed by atoms with van der Waals surface area (Å²) in [6.45, 7) is 4.75. The van der Waals surface area contributed by atoms with Crippen molar-refractivity contribution < 1.29 is 12.8 Å². The fraction of sp³-hybridized carbons (Fsp3) is 0.350.